The van der Waals surface area contributed by atoms with Crippen LogP contribution in [0.3, 0.4) is 0 Å². The summed E-state index contributed by atoms with van der Waals surface area (Å²) in [6.45, 7) is 1.49. The molecule has 162 valence electrons. The summed E-state index contributed by atoms with van der Waals surface area (Å²) in [5, 5.41) is 2.83. The minimum atomic E-state index is -4.64. The maximum Gasteiger partial charge on any atom is 0.417 e. The molecule has 2 aromatic carbocycles. The van der Waals surface area contributed by atoms with Crippen molar-refractivity contribution < 1.29 is 22.8 Å². The summed E-state index contributed by atoms with van der Waals surface area (Å²) in [5.74, 6) is -1.25. The Kier molecular flexibility index (Phi) is 6.08. The van der Waals surface area contributed by atoms with E-state index in [0.717, 1.165) is 12.1 Å². The van der Waals surface area contributed by atoms with E-state index in [1.165, 1.54) is 29.8 Å². The number of fused-ring (bicyclic) bond motifs is 1. The zero-order valence-corrected chi connectivity index (χ0v) is 16.9. The fraction of sp³-hybridized carbons (Fsp3) is 0.190. The van der Waals surface area contributed by atoms with Crippen LogP contribution in [0, 0.1) is 0 Å². The molecule has 0 aliphatic carbocycles. The van der Waals surface area contributed by atoms with Gasteiger partial charge in [-0.3, -0.25) is 14.4 Å². The van der Waals surface area contributed by atoms with Crippen LogP contribution in [0.1, 0.15) is 24.1 Å². The number of anilines is 1. The molecule has 1 atom stereocenters. The second kappa shape index (κ2) is 8.43. The maximum atomic E-state index is 13.0. The van der Waals surface area contributed by atoms with E-state index >= 15 is 0 Å². The molecule has 0 aliphatic heterocycles. The largest absolute Gasteiger partial charge is 0.417 e. The van der Waals surface area contributed by atoms with Crippen LogP contribution in [0.4, 0.5) is 18.9 Å². The zero-order chi connectivity index (χ0) is 22.9. The lowest BCUT2D eigenvalue weighted by molar-refractivity contribution is -0.137. The van der Waals surface area contributed by atoms with Gasteiger partial charge in [0.15, 0.2) is 0 Å². The van der Waals surface area contributed by atoms with Crippen molar-refractivity contribution in [2.24, 2.45) is 5.73 Å². The van der Waals surface area contributed by atoms with Crippen molar-refractivity contribution >= 4 is 39.9 Å². The van der Waals surface area contributed by atoms with E-state index in [1.807, 2.05) is 0 Å². The van der Waals surface area contributed by atoms with Crippen molar-refractivity contribution in [2.75, 3.05) is 5.32 Å². The van der Waals surface area contributed by atoms with E-state index in [1.54, 1.807) is 18.2 Å². The second-order valence-corrected chi connectivity index (χ2v) is 7.32. The fourth-order valence-corrected chi connectivity index (χ4v) is 3.35. The summed E-state index contributed by atoms with van der Waals surface area (Å²) < 4.78 is 40.2. The smallest absolute Gasteiger partial charge is 0.368 e. The van der Waals surface area contributed by atoms with Crippen LogP contribution in [0.5, 0.6) is 0 Å². The lowest BCUT2D eigenvalue weighted by Gasteiger charge is -2.14. The second-order valence-electron chi connectivity index (χ2n) is 6.91. The summed E-state index contributed by atoms with van der Waals surface area (Å²) in [7, 11) is 0. The first-order valence-electron chi connectivity index (χ1n) is 9.07. The molecule has 10 heteroatoms. The van der Waals surface area contributed by atoms with Crippen molar-refractivity contribution in [2.45, 2.75) is 25.6 Å². The van der Waals surface area contributed by atoms with Gasteiger partial charge in [-0.1, -0.05) is 23.7 Å². The number of carbonyl (C=O) groups excluding carboxylic acids is 2. The van der Waals surface area contributed by atoms with Gasteiger partial charge >= 0.3 is 6.18 Å². The molecule has 2 amide bonds. The van der Waals surface area contributed by atoms with Gasteiger partial charge in [0, 0.05) is 22.7 Å². The third-order valence-electron chi connectivity index (χ3n) is 4.78. The summed E-state index contributed by atoms with van der Waals surface area (Å²) in [5.41, 5.74) is 4.22. The molecule has 0 unspecified atom stereocenters. The van der Waals surface area contributed by atoms with Gasteiger partial charge in [-0.25, -0.2) is 0 Å². The van der Waals surface area contributed by atoms with Gasteiger partial charge in [0.2, 0.25) is 11.8 Å². The average Bonchev–Trinajstić information content (AvgIpc) is 2.69. The predicted octanol–water partition coefficient (Wildman–Crippen LogP) is 3.90. The van der Waals surface area contributed by atoms with Crippen LogP contribution in [-0.4, -0.2) is 16.4 Å². The normalized spacial score (nSPS) is 12.5. The Balaban J connectivity index is 1.89. The first-order chi connectivity index (χ1) is 14.5. The van der Waals surface area contributed by atoms with Crippen molar-refractivity contribution in [1.29, 1.82) is 0 Å². The van der Waals surface area contributed by atoms with E-state index in [2.05, 4.69) is 5.32 Å². The summed E-state index contributed by atoms with van der Waals surface area (Å²) in [4.78, 5) is 36.5. The number of pyridine rings is 1. The number of primary amides is 1. The predicted molar refractivity (Wildman–Crippen MR) is 111 cm³/mol. The first kappa shape index (κ1) is 22.4. The molecule has 0 spiro atoms. The minimum absolute atomic E-state index is 0.132. The van der Waals surface area contributed by atoms with E-state index in [4.69, 9.17) is 17.3 Å². The summed E-state index contributed by atoms with van der Waals surface area (Å²) in [6, 6.07) is 8.59. The maximum absolute atomic E-state index is 13.0. The Bertz CT molecular complexity index is 1240. The fourth-order valence-electron chi connectivity index (χ4n) is 3.12. The molecule has 0 fully saturated rings. The molecule has 0 bridgehead atoms. The Morgan fingerprint density at radius 1 is 1.16 bits per heavy atom. The first-order valence-corrected chi connectivity index (χ1v) is 9.45. The van der Waals surface area contributed by atoms with Crippen molar-refractivity contribution in [3.8, 4) is 0 Å². The SMILES string of the molecule is C[C@H](C(N)=O)n1ccc2c(NC(=O)Cc3ccc(Cl)c(C(F)(F)F)c3)cccc2c1=O. The van der Waals surface area contributed by atoms with Crippen LogP contribution in [0.2, 0.25) is 5.02 Å². The number of nitrogens with zero attached hydrogens (tertiary/aromatic N) is 1. The third-order valence-corrected chi connectivity index (χ3v) is 5.11. The van der Waals surface area contributed by atoms with E-state index in [-0.39, 0.29) is 17.4 Å². The Hall–Kier alpha value is -3.33. The molecular formula is C21H17ClF3N3O3. The Labute approximate surface area is 179 Å². The van der Waals surface area contributed by atoms with Crippen LogP contribution < -0.4 is 16.6 Å². The summed E-state index contributed by atoms with van der Waals surface area (Å²) in [6.07, 6.45) is -3.57. The molecule has 0 radical (unpaired) electrons. The number of rotatable bonds is 5. The van der Waals surface area contributed by atoms with Gasteiger partial charge in [0.05, 0.1) is 17.0 Å². The van der Waals surface area contributed by atoms with Gasteiger partial charge in [-0.2, -0.15) is 13.2 Å². The van der Waals surface area contributed by atoms with E-state index < -0.39 is 40.2 Å². The molecule has 0 saturated carbocycles. The number of nitrogens with one attached hydrogen (secondary N) is 1. The van der Waals surface area contributed by atoms with E-state index in [9.17, 15) is 27.6 Å². The molecule has 0 aliphatic rings. The molecule has 3 rings (SSSR count). The number of hydrogen-bond acceptors (Lipinski definition) is 3. The highest BCUT2D eigenvalue weighted by atomic mass is 35.5. The molecule has 3 N–H and O–H groups in total. The Morgan fingerprint density at radius 2 is 1.87 bits per heavy atom. The molecule has 0 saturated heterocycles. The molecule has 1 aromatic heterocycles. The highest BCUT2D eigenvalue weighted by Crippen LogP contribution is 2.35. The van der Waals surface area contributed by atoms with Gasteiger partial charge in [0.1, 0.15) is 6.04 Å². The number of carbonyl (C=O) groups is 2. The highest BCUT2D eigenvalue weighted by molar-refractivity contribution is 6.31. The van der Waals surface area contributed by atoms with Crippen LogP contribution in [-0.2, 0) is 22.2 Å². The van der Waals surface area contributed by atoms with Crippen molar-refractivity contribution in [3.63, 3.8) is 0 Å². The quantitative estimate of drug-likeness (QED) is 0.616. The molecular weight excluding hydrogens is 435 g/mol. The van der Waals surface area contributed by atoms with Crippen LogP contribution in [0.15, 0.2) is 53.5 Å². The number of halogens is 4. The number of alkyl halides is 3. The van der Waals surface area contributed by atoms with Crippen molar-refractivity contribution in [3.05, 3.63) is 75.2 Å². The standard InChI is InChI=1S/C21H17ClF3N3O3/c1-11(19(26)30)28-8-7-13-14(20(28)31)3-2-4-17(13)27-18(29)10-12-5-6-16(22)15(9-12)21(23,24)25/h2-9,11H,10H2,1H3,(H2,26,30)(H,27,29)/t11-/m1/s1. The highest BCUT2D eigenvalue weighted by Gasteiger charge is 2.33. The van der Waals surface area contributed by atoms with E-state index in [0.29, 0.717) is 11.1 Å². The zero-order valence-electron chi connectivity index (χ0n) is 16.2. The van der Waals surface area contributed by atoms with Gasteiger partial charge in [-0.05, 0) is 42.8 Å². The summed E-state index contributed by atoms with van der Waals surface area (Å²) >= 11 is 5.60. The number of aromatic nitrogens is 1. The van der Waals surface area contributed by atoms with Gasteiger partial charge < -0.3 is 15.6 Å². The molecule has 1 heterocycles. The minimum Gasteiger partial charge on any atom is -0.368 e. The van der Waals surface area contributed by atoms with Gasteiger partial charge in [-0.15, -0.1) is 0 Å². The number of hydrogen-bond donors (Lipinski definition) is 2. The molecule has 6 nitrogen and oxygen atoms in total. The molecule has 31 heavy (non-hydrogen) atoms. The Morgan fingerprint density at radius 3 is 2.52 bits per heavy atom. The van der Waals surface area contributed by atoms with Gasteiger partial charge in [0.25, 0.3) is 5.56 Å². The lowest BCUT2D eigenvalue weighted by Crippen LogP contribution is -2.31. The van der Waals surface area contributed by atoms with Crippen LogP contribution >= 0.6 is 11.6 Å². The lowest BCUT2D eigenvalue weighted by atomic mass is 10.1. The topological polar surface area (TPSA) is 94.2 Å². The monoisotopic (exact) mass is 451 g/mol. The molecule has 3 aromatic rings. The van der Waals surface area contributed by atoms with Crippen LogP contribution in [0.25, 0.3) is 10.8 Å². The average molecular weight is 452 g/mol. The third kappa shape index (κ3) is 4.72. The van der Waals surface area contributed by atoms with Crippen molar-refractivity contribution in [1.82, 2.24) is 4.57 Å². The number of benzene rings is 2. The number of amides is 2. The number of nitrogens with two attached hydrogens (primary N) is 1.